The van der Waals surface area contributed by atoms with Gasteiger partial charge in [0.25, 0.3) is 0 Å². The van der Waals surface area contributed by atoms with E-state index in [1.807, 2.05) is 55.5 Å². The van der Waals surface area contributed by atoms with E-state index in [0.29, 0.717) is 34.3 Å². The lowest BCUT2D eigenvalue weighted by atomic mass is 9.98. The predicted molar refractivity (Wildman–Crippen MR) is 128 cm³/mol. The van der Waals surface area contributed by atoms with Gasteiger partial charge in [0.1, 0.15) is 5.75 Å². The molecule has 0 amide bonds. The third kappa shape index (κ3) is 3.89. The number of benzene rings is 3. The number of rotatable bonds is 8. The van der Waals surface area contributed by atoms with E-state index in [-0.39, 0.29) is 5.78 Å². The zero-order valence-electron chi connectivity index (χ0n) is 18.4. The lowest BCUT2D eigenvalue weighted by Gasteiger charge is -2.14. The van der Waals surface area contributed by atoms with Gasteiger partial charge in [0.15, 0.2) is 11.5 Å². The van der Waals surface area contributed by atoms with E-state index in [1.165, 1.54) is 32.7 Å². The van der Waals surface area contributed by atoms with Gasteiger partial charge in [-0.3, -0.25) is 4.79 Å². The molecule has 0 bridgehead atoms. The molecule has 0 saturated heterocycles. The van der Waals surface area contributed by atoms with Crippen molar-refractivity contribution in [2.24, 2.45) is 0 Å². The van der Waals surface area contributed by atoms with Crippen molar-refractivity contribution < 1.29 is 23.7 Å². The van der Waals surface area contributed by atoms with Gasteiger partial charge >= 0.3 is 0 Å². The molecule has 0 unspecified atom stereocenters. The van der Waals surface area contributed by atoms with Crippen molar-refractivity contribution in [3.63, 3.8) is 0 Å². The van der Waals surface area contributed by atoms with E-state index in [2.05, 4.69) is 0 Å². The van der Waals surface area contributed by atoms with E-state index >= 15 is 0 Å². The molecular weight excluding hydrogens is 424 g/mol. The summed E-state index contributed by atoms with van der Waals surface area (Å²) in [6.07, 6.45) is 0. The van der Waals surface area contributed by atoms with Gasteiger partial charge in [-0.25, -0.2) is 0 Å². The lowest BCUT2D eigenvalue weighted by Crippen LogP contribution is -2.04. The van der Waals surface area contributed by atoms with Crippen LogP contribution < -0.4 is 18.9 Å². The maximum Gasteiger partial charge on any atom is 0.203 e. The number of thiophene rings is 1. The number of ether oxygens (including phenoxy) is 4. The molecule has 164 valence electrons. The Morgan fingerprint density at radius 1 is 0.875 bits per heavy atom. The minimum atomic E-state index is -0.102. The summed E-state index contributed by atoms with van der Waals surface area (Å²) < 4.78 is 22.9. The average molecular weight is 449 g/mol. The van der Waals surface area contributed by atoms with Crippen LogP contribution in [0.25, 0.3) is 21.2 Å². The Labute approximate surface area is 191 Å². The Kier molecular flexibility index (Phi) is 6.32. The van der Waals surface area contributed by atoms with Crippen LogP contribution in [0.3, 0.4) is 0 Å². The number of hydrogen-bond acceptors (Lipinski definition) is 6. The van der Waals surface area contributed by atoms with Crippen molar-refractivity contribution in [3.05, 3.63) is 71.1 Å². The summed E-state index contributed by atoms with van der Waals surface area (Å²) >= 11 is 1.48. The highest BCUT2D eigenvalue weighted by atomic mass is 32.1. The summed E-state index contributed by atoms with van der Waals surface area (Å²) in [6, 6.07) is 19.3. The molecule has 4 rings (SSSR count). The third-order valence-electron chi connectivity index (χ3n) is 5.18. The van der Waals surface area contributed by atoms with Crippen molar-refractivity contribution >= 4 is 27.2 Å². The van der Waals surface area contributed by atoms with Crippen LogP contribution in [0.1, 0.15) is 22.2 Å². The van der Waals surface area contributed by atoms with Gasteiger partial charge in [-0.15, -0.1) is 11.3 Å². The number of fused-ring (bicyclic) bond motifs is 1. The molecule has 6 heteroatoms. The van der Waals surface area contributed by atoms with Crippen LogP contribution in [-0.4, -0.2) is 33.7 Å². The topological polar surface area (TPSA) is 54.0 Å². The smallest absolute Gasteiger partial charge is 0.203 e. The van der Waals surface area contributed by atoms with Gasteiger partial charge in [0.05, 0.1) is 32.8 Å². The second kappa shape index (κ2) is 9.32. The summed E-state index contributed by atoms with van der Waals surface area (Å²) in [5.74, 6) is 2.04. The molecule has 32 heavy (non-hydrogen) atoms. The third-order valence-corrected chi connectivity index (χ3v) is 6.35. The van der Waals surface area contributed by atoms with Crippen LogP contribution in [0.2, 0.25) is 0 Å². The van der Waals surface area contributed by atoms with E-state index in [0.717, 1.165) is 27.0 Å². The molecule has 0 fully saturated rings. The molecule has 5 nitrogen and oxygen atoms in total. The summed E-state index contributed by atoms with van der Waals surface area (Å²) in [5, 5.41) is 1.04. The van der Waals surface area contributed by atoms with Crippen LogP contribution in [0.5, 0.6) is 23.0 Å². The quantitative estimate of drug-likeness (QED) is 0.299. The first kappa shape index (κ1) is 21.7. The highest BCUT2D eigenvalue weighted by Crippen LogP contribution is 2.43. The van der Waals surface area contributed by atoms with E-state index in [1.54, 1.807) is 12.1 Å². The first-order valence-electron chi connectivity index (χ1n) is 10.2. The highest BCUT2D eigenvalue weighted by molar-refractivity contribution is 7.21. The zero-order valence-corrected chi connectivity index (χ0v) is 19.2. The number of methoxy groups -OCH3 is 3. The molecule has 0 atom stereocenters. The van der Waals surface area contributed by atoms with E-state index in [4.69, 9.17) is 18.9 Å². The van der Waals surface area contributed by atoms with Crippen molar-refractivity contribution in [3.8, 4) is 34.1 Å². The maximum atomic E-state index is 13.7. The average Bonchev–Trinajstić information content (AvgIpc) is 3.22. The Balaban J connectivity index is 1.88. The number of hydrogen-bond donors (Lipinski definition) is 0. The molecule has 1 aromatic heterocycles. The molecule has 4 aromatic rings. The number of carbonyl (C=O) groups excluding carboxylic acids is 1. The first-order chi connectivity index (χ1) is 15.6. The predicted octanol–water partition coefficient (Wildman–Crippen LogP) is 6.22. The standard InChI is InChI=1S/C26H24O5S/c1-5-31-18-12-10-16(11-13-18)23-19-8-6-7-9-22(19)32-26(23)24(27)17-14-20(28-2)25(30-4)21(15-17)29-3/h6-15H,5H2,1-4H3. The van der Waals surface area contributed by atoms with Gasteiger partial charge in [0.2, 0.25) is 11.5 Å². The highest BCUT2D eigenvalue weighted by Gasteiger charge is 2.24. The van der Waals surface area contributed by atoms with Crippen molar-refractivity contribution in [2.75, 3.05) is 27.9 Å². The van der Waals surface area contributed by atoms with Gasteiger partial charge < -0.3 is 18.9 Å². The second-order valence-corrected chi connectivity index (χ2v) is 8.06. The Hall–Kier alpha value is -3.51. The van der Waals surface area contributed by atoms with Gasteiger partial charge in [0, 0.05) is 21.2 Å². The van der Waals surface area contributed by atoms with Crippen LogP contribution in [0, 0.1) is 0 Å². The maximum absolute atomic E-state index is 13.7. The molecule has 0 spiro atoms. The zero-order chi connectivity index (χ0) is 22.7. The van der Waals surface area contributed by atoms with Crippen molar-refractivity contribution in [2.45, 2.75) is 6.92 Å². The molecule has 0 saturated carbocycles. The Morgan fingerprint density at radius 2 is 1.53 bits per heavy atom. The molecule has 0 radical (unpaired) electrons. The Bertz CT molecular complexity index is 1230. The van der Waals surface area contributed by atoms with Crippen LogP contribution in [0.4, 0.5) is 0 Å². The minimum absolute atomic E-state index is 0.102. The van der Waals surface area contributed by atoms with Gasteiger partial charge in [-0.2, -0.15) is 0 Å². The van der Waals surface area contributed by atoms with Crippen LogP contribution >= 0.6 is 11.3 Å². The molecule has 3 aromatic carbocycles. The van der Waals surface area contributed by atoms with Crippen molar-refractivity contribution in [1.82, 2.24) is 0 Å². The largest absolute Gasteiger partial charge is 0.494 e. The van der Waals surface area contributed by atoms with Crippen LogP contribution in [0.15, 0.2) is 60.7 Å². The monoisotopic (exact) mass is 448 g/mol. The fourth-order valence-electron chi connectivity index (χ4n) is 3.72. The Morgan fingerprint density at radius 3 is 2.12 bits per heavy atom. The SMILES string of the molecule is CCOc1ccc(-c2c(C(=O)c3cc(OC)c(OC)c(OC)c3)sc3ccccc23)cc1. The summed E-state index contributed by atoms with van der Waals surface area (Å²) in [6.45, 7) is 2.56. The molecule has 0 aliphatic heterocycles. The molecular formula is C26H24O5S. The molecule has 0 aliphatic carbocycles. The molecule has 0 N–H and O–H groups in total. The van der Waals surface area contributed by atoms with E-state index in [9.17, 15) is 4.79 Å². The summed E-state index contributed by atoms with van der Waals surface area (Å²) in [5.41, 5.74) is 2.34. The van der Waals surface area contributed by atoms with Gasteiger partial charge in [-0.1, -0.05) is 30.3 Å². The summed E-state index contributed by atoms with van der Waals surface area (Å²) in [7, 11) is 4.62. The first-order valence-corrected chi connectivity index (χ1v) is 11.0. The fraction of sp³-hybridized carbons (Fsp3) is 0.192. The van der Waals surface area contributed by atoms with Gasteiger partial charge in [-0.05, 0) is 42.8 Å². The van der Waals surface area contributed by atoms with Crippen molar-refractivity contribution in [1.29, 1.82) is 0 Å². The number of ketones is 1. The number of carbonyl (C=O) groups is 1. The fourth-order valence-corrected chi connectivity index (χ4v) is 4.91. The van der Waals surface area contributed by atoms with Crippen LogP contribution in [-0.2, 0) is 0 Å². The normalized spacial score (nSPS) is 10.8. The lowest BCUT2D eigenvalue weighted by molar-refractivity contribution is 0.104. The molecule has 0 aliphatic rings. The van der Waals surface area contributed by atoms with E-state index < -0.39 is 0 Å². The molecule has 1 heterocycles. The second-order valence-electron chi connectivity index (χ2n) is 7.00. The minimum Gasteiger partial charge on any atom is -0.494 e. The summed E-state index contributed by atoms with van der Waals surface area (Å²) in [4.78, 5) is 14.4.